The molecule has 2 rings (SSSR count). The van der Waals surface area contributed by atoms with Gasteiger partial charge in [0.05, 0.1) is 6.54 Å². The van der Waals surface area contributed by atoms with Crippen LogP contribution in [0.1, 0.15) is 18.5 Å². The maximum Gasteiger partial charge on any atom is 0.241 e. The number of carbonyl (C=O) groups excluding carboxylic acids is 1. The topological polar surface area (TPSA) is 49.6 Å². The molecule has 2 N–H and O–H groups in total. The van der Waals surface area contributed by atoms with Crippen molar-refractivity contribution in [3.05, 3.63) is 29.6 Å². The number of rotatable bonds is 2. The van der Waals surface area contributed by atoms with Crippen LogP contribution in [0.25, 0.3) is 0 Å². The number of halogens is 1. The number of carbonyl (C=O) groups is 1. The van der Waals surface area contributed by atoms with E-state index < -0.39 is 6.04 Å². The fourth-order valence-corrected chi connectivity index (χ4v) is 2.22. The van der Waals surface area contributed by atoms with Gasteiger partial charge in [-0.2, -0.15) is 0 Å². The fourth-order valence-electron chi connectivity index (χ4n) is 2.22. The molecule has 1 aromatic carbocycles. The van der Waals surface area contributed by atoms with Gasteiger partial charge in [-0.15, -0.1) is 0 Å². The first-order valence-electron chi connectivity index (χ1n) is 6.03. The summed E-state index contributed by atoms with van der Waals surface area (Å²) in [6.45, 7) is 3.37. The predicted octanol–water partition coefficient (Wildman–Crippen LogP) is 1.12. The Bertz CT molecular complexity index is 462. The molecule has 1 aliphatic heterocycles. The van der Waals surface area contributed by atoms with Crippen molar-refractivity contribution < 1.29 is 9.18 Å². The van der Waals surface area contributed by atoms with Gasteiger partial charge in [-0.1, -0.05) is 6.07 Å². The average molecular weight is 251 g/mol. The largest absolute Gasteiger partial charge is 0.360 e. The third kappa shape index (κ3) is 2.31. The van der Waals surface area contributed by atoms with Crippen molar-refractivity contribution >= 4 is 11.6 Å². The van der Waals surface area contributed by atoms with Crippen LogP contribution in [0.3, 0.4) is 0 Å². The molecule has 0 radical (unpaired) electrons. The minimum absolute atomic E-state index is 0.0427. The van der Waals surface area contributed by atoms with Crippen LogP contribution in [0, 0.1) is 5.82 Å². The third-order valence-electron chi connectivity index (χ3n) is 3.28. The van der Waals surface area contributed by atoms with Gasteiger partial charge in [0, 0.05) is 37.4 Å². The van der Waals surface area contributed by atoms with Crippen LogP contribution in [0.5, 0.6) is 0 Å². The first-order chi connectivity index (χ1) is 8.50. The summed E-state index contributed by atoms with van der Waals surface area (Å²) in [5, 5.41) is 0. The van der Waals surface area contributed by atoms with E-state index in [9.17, 15) is 9.18 Å². The molecule has 18 heavy (non-hydrogen) atoms. The van der Waals surface area contributed by atoms with Gasteiger partial charge in [0.15, 0.2) is 0 Å². The van der Waals surface area contributed by atoms with E-state index in [4.69, 9.17) is 5.73 Å². The van der Waals surface area contributed by atoms with Gasteiger partial charge in [0.1, 0.15) is 5.82 Å². The molecule has 4 nitrogen and oxygen atoms in total. The van der Waals surface area contributed by atoms with Crippen molar-refractivity contribution in [2.45, 2.75) is 13.0 Å². The van der Waals surface area contributed by atoms with Gasteiger partial charge in [-0.3, -0.25) is 4.79 Å². The van der Waals surface area contributed by atoms with Gasteiger partial charge in [-0.25, -0.2) is 4.39 Å². The quantitative estimate of drug-likeness (QED) is 0.857. The van der Waals surface area contributed by atoms with Gasteiger partial charge in [0.25, 0.3) is 0 Å². The minimum atomic E-state index is -0.393. The summed E-state index contributed by atoms with van der Waals surface area (Å²) in [5.74, 6) is -0.269. The fraction of sp³-hybridized carbons (Fsp3) is 0.462. The highest BCUT2D eigenvalue weighted by Gasteiger charge is 2.24. The molecule has 1 aliphatic rings. The van der Waals surface area contributed by atoms with Crippen LogP contribution < -0.4 is 10.6 Å². The van der Waals surface area contributed by atoms with E-state index in [0.717, 1.165) is 5.69 Å². The molecule has 0 bridgehead atoms. The summed E-state index contributed by atoms with van der Waals surface area (Å²) >= 11 is 0. The zero-order valence-electron chi connectivity index (χ0n) is 10.7. The number of nitrogens with zero attached hydrogens (tertiary/aromatic N) is 2. The van der Waals surface area contributed by atoms with E-state index in [1.54, 1.807) is 24.9 Å². The van der Waals surface area contributed by atoms with Crippen molar-refractivity contribution in [2.24, 2.45) is 5.73 Å². The molecule has 98 valence electrons. The molecule has 1 heterocycles. The van der Waals surface area contributed by atoms with Gasteiger partial charge in [0.2, 0.25) is 5.91 Å². The Balaban J connectivity index is 2.34. The highest BCUT2D eigenvalue weighted by molar-refractivity contribution is 5.83. The molecular formula is C13H18FN3O. The lowest BCUT2D eigenvalue weighted by atomic mass is 10.0. The third-order valence-corrected chi connectivity index (χ3v) is 3.28. The van der Waals surface area contributed by atoms with E-state index in [0.29, 0.717) is 18.7 Å². The van der Waals surface area contributed by atoms with Crippen molar-refractivity contribution in [3.63, 3.8) is 0 Å². The van der Waals surface area contributed by atoms with Crippen LogP contribution >= 0.6 is 0 Å². The standard InChI is InChI=1S/C13H18FN3O/c1-9(15)13-10(14)4-3-5-11(13)17-7-6-16(2)12(18)8-17/h3-5,9H,6-8,15H2,1-2H3/t9-/m0/s1. The zero-order valence-corrected chi connectivity index (χ0v) is 10.7. The Morgan fingerprint density at radius 1 is 1.39 bits per heavy atom. The number of benzene rings is 1. The van der Waals surface area contributed by atoms with Crippen molar-refractivity contribution in [1.29, 1.82) is 0 Å². The second kappa shape index (κ2) is 4.94. The lowest BCUT2D eigenvalue weighted by molar-refractivity contribution is -0.129. The molecule has 0 aliphatic carbocycles. The first-order valence-corrected chi connectivity index (χ1v) is 6.03. The number of nitrogens with two attached hydrogens (primary N) is 1. The number of likely N-dealkylation sites (N-methyl/N-ethyl adjacent to an activating group) is 1. The first kappa shape index (κ1) is 12.8. The van der Waals surface area contributed by atoms with Crippen molar-refractivity contribution in [2.75, 3.05) is 31.6 Å². The summed E-state index contributed by atoms with van der Waals surface area (Å²) in [4.78, 5) is 15.3. The number of piperazine rings is 1. The highest BCUT2D eigenvalue weighted by Crippen LogP contribution is 2.28. The molecule has 1 amide bonds. The number of hydrogen-bond donors (Lipinski definition) is 1. The normalized spacial score (nSPS) is 18.1. The number of anilines is 1. The molecule has 0 aromatic heterocycles. The van der Waals surface area contributed by atoms with Crippen LogP contribution in [-0.4, -0.2) is 37.5 Å². The van der Waals surface area contributed by atoms with Crippen LogP contribution in [0.4, 0.5) is 10.1 Å². The van der Waals surface area contributed by atoms with E-state index >= 15 is 0 Å². The molecule has 0 spiro atoms. The maximum atomic E-state index is 13.8. The maximum absolute atomic E-state index is 13.8. The molecule has 1 fully saturated rings. The van der Waals surface area contributed by atoms with Crippen molar-refractivity contribution in [3.8, 4) is 0 Å². The van der Waals surface area contributed by atoms with Gasteiger partial charge < -0.3 is 15.5 Å². The second-order valence-corrected chi connectivity index (χ2v) is 4.70. The smallest absolute Gasteiger partial charge is 0.241 e. The predicted molar refractivity (Wildman–Crippen MR) is 68.9 cm³/mol. The van der Waals surface area contributed by atoms with Gasteiger partial charge >= 0.3 is 0 Å². The average Bonchev–Trinajstić information content (AvgIpc) is 2.32. The molecule has 0 unspecified atom stereocenters. The Kier molecular flexibility index (Phi) is 3.52. The molecular weight excluding hydrogens is 233 g/mol. The van der Waals surface area contributed by atoms with Crippen LogP contribution in [0.2, 0.25) is 0 Å². The minimum Gasteiger partial charge on any atom is -0.360 e. The molecule has 1 saturated heterocycles. The lowest BCUT2D eigenvalue weighted by Gasteiger charge is -2.35. The number of amides is 1. The molecule has 5 heteroatoms. The Morgan fingerprint density at radius 2 is 2.11 bits per heavy atom. The summed E-state index contributed by atoms with van der Waals surface area (Å²) in [6, 6.07) is 4.48. The Morgan fingerprint density at radius 3 is 2.72 bits per heavy atom. The van der Waals surface area contributed by atoms with Crippen molar-refractivity contribution in [1.82, 2.24) is 4.90 Å². The summed E-state index contributed by atoms with van der Waals surface area (Å²) in [6.07, 6.45) is 0. The molecule has 0 saturated carbocycles. The zero-order chi connectivity index (χ0) is 13.3. The second-order valence-electron chi connectivity index (χ2n) is 4.70. The lowest BCUT2D eigenvalue weighted by Crippen LogP contribution is -2.49. The van der Waals surface area contributed by atoms with E-state index in [1.807, 2.05) is 11.0 Å². The van der Waals surface area contributed by atoms with E-state index in [1.165, 1.54) is 6.07 Å². The van der Waals surface area contributed by atoms with Crippen LogP contribution in [-0.2, 0) is 4.79 Å². The van der Waals surface area contributed by atoms with E-state index in [-0.39, 0.29) is 18.3 Å². The monoisotopic (exact) mass is 251 g/mol. The summed E-state index contributed by atoms with van der Waals surface area (Å²) in [5.41, 5.74) is 7.03. The number of hydrogen-bond acceptors (Lipinski definition) is 3. The van der Waals surface area contributed by atoms with Crippen LogP contribution in [0.15, 0.2) is 18.2 Å². The molecule has 1 atom stereocenters. The van der Waals surface area contributed by atoms with Gasteiger partial charge in [-0.05, 0) is 19.1 Å². The Labute approximate surface area is 106 Å². The summed E-state index contributed by atoms with van der Waals surface area (Å²) in [7, 11) is 1.78. The SMILES string of the molecule is C[C@H](N)c1c(F)cccc1N1CCN(C)C(=O)C1. The Hall–Kier alpha value is -1.62. The van der Waals surface area contributed by atoms with E-state index in [2.05, 4.69) is 0 Å². The summed E-state index contributed by atoms with van der Waals surface area (Å²) < 4.78 is 13.8. The molecule has 1 aromatic rings. The highest BCUT2D eigenvalue weighted by atomic mass is 19.1.